The van der Waals surface area contributed by atoms with Gasteiger partial charge in [0, 0.05) is 6.54 Å². The van der Waals surface area contributed by atoms with Gasteiger partial charge in [-0.1, -0.05) is 6.07 Å². The Kier molecular flexibility index (Phi) is 2.38. The number of sulfone groups is 1. The predicted molar refractivity (Wildman–Crippen MR) is 58.5 cm³/mol. The molecule has 86 valence electrons. The van der Waals surface area contributed by atoms with E-state index < -0.39 is 21.1 Å². The molecule has 1 aromatic carbocycles. The average Bonchev–Trinajstić information content (AvgIpc) is 2.23. The molecule has 1 unspecified atom stereocenters. The van der Waals surface area contributed by atoms with E-state index in [9.17, 15) is 13.2 Å². The van der Waals surface area contributed by atoms with Crippen LogP contribution in [0.4, 0.5) is 5.69 Å². The summed E-state index contributed by atoms with van der Waals surface area (Å²) >= 11 is 0. The SMILES string of the molecule is CC1CNc2cccc(C(=O)O)c2S1(=O)=O. The lowest BCUT2D eigenvalue weighted by atomic mass is 10.2. The van der Waals surface area contributed by atoms with E-state index in [0.29, 0.717) is 12.2 Å². The number of carboxylic acid groups (broad SMARTS) is 1. The lowest BCUT2D eigenvalue weighted by Crippen LogP contribution is -2.33. The monoisotopic (exact) mass is 241 g/mol. The van der Waals surface area contributed by atoms with E-state index in [1.165, 1.54) is 12.1 Å². The summed E-state index contributed by atoms with van der Waals surface area (Å²) in [6, 6.07) is 4.41. The van der Waals surface area contributed by atoms with Crippen molar-refractivity contribution in [2.24, 2.45) is 0 Å². The van der Waals surface area contributed by atoms with Gasteiger partial charge < -0.3 is 10.4 Å². The van der Waals surface area contributed by atoms with Crippen molar-refractivity contribution in [1.29, 1.82) is 0 Å². The summed E-state index contributed by atoms with van der Waals surface area (Å²) in [5.74, 6) is -1.23. The maximum Gasteiger partial charge on any atom is 0.337 e. The summed E-state index contributed by atoms with van der Waals surface area (Å²) < 4.78 is 24.1. The first-order valence-corrected chi connectivity index (χ1v) is 6.33. The van der Waals surface area contributed by atoms with Crippen LogP contribution < -0.4 is 5.32 Å². The second-order valence-electron chi connectivity index (χ2n) is 3.72. The lowest BCUT2D eigenvalue weighted by molar-refractivity contribution is 0.0692. The van der Waals surface area contributed by atoms with Crippen LogP contribution in [0.15, 0.2) is 23.1 Å². The molecular formula is C10H11NO4S. The molecule has 0 saturated carbocycles. The van der Waals surface area contributed by atoms with Crippen LogP contribution in [-0.4, -0.2) is 31.3 Å². The molecule has 0 fully saturated rings. The number of rotatable bonds is 1. The minimum Gasteiger partial charge on any atom is -0.478 e. The number of carbonyl (C=O) groups is 1. The molecule has 0 radical (unpaired) electrons. The molecule has 0 bridgehead atoms. The second-order valence-corrected chi connectivity index (χ2v) is 6.03. The largest absolute Gasteiger partial charge is 0.478 e. The molecule has 1 atom stereocenters. The van der Waals surface area contributed by atoms with Gasteiger partial charge >= 0.3 is 5.97 Å². The summed E-state index contributed by atoms with van der Waals surface area (Å²) in [5, 5.41) is 11.3. The number of nitrogens with one attached hydrogen (secondary N) is 1. The molecule has 2 rings (SSSR count). The van der Waals surface area contributed by atoms with Gasteiger partial charge in [0.25, 0.3) is 0 Å². The summed E-state index contributed by atoms with van der Waals surface area (Å²) in [5.41, 5.74) is 0.203. The van der Waals surface area contributed by atoms with Gasteiger partial charge in [-0.15, -0.1) is 0 Å². The van der Waals surface area contributed by atoms with Crippen LogP contribution in [0.3, 0.4) is 0 Å². The molecule has 1 aliphatic heterocycles. The van der Waals surface area contributed by atoms with Crippen molar-refractivity contribution in [1.82, 2.24) is 0 Å². The Morgan fingerprint density at radius 2 is 2.19 bits per heavy atom. The Labute approximate surface area is 93.0 Å². The Morgan fingerprint density at radius 3 is 2.81 bits per heavy atom. The molecule has 2 N–H and O–H groups in total. The van der Waals surface area contributed by atoms with Crippen molar-refractivity contribution < 1.29 is 18.3 Å². The second kappa shape index (κ2) is 3.48. The van der Waals surface area contributed by atoms with Gasteiger partial charge in [0.15, 0.2) is 9.84 Å². The van der Waals surface area contributed by atoms with Crippen LogP contribution in [-0.2, 0) is 9.84 Å². The van der Waals surface area contributed by atoms with Crippen LogP contribution >= 0.6 is 0 Å². The van der Waals surface area contributed by atoms with Crippen LogP contribution in [0.5, 0.6) is 0 Å². The van der Waals surface area contributed by atoms with Crippen LogP contribution in [0.1, 0.15) is 17.3 Å². The molecule has 0 aromatic heterocycles. The molecule has 1 aromatic rings. The zero-order valence-corrected chi connectivity index (χ0v) is 9.41. The molecule has 16 heavy (non-hydrogen) atoms. The zero-order chi connectivity index (χ0) is 11.9. The molecule has 6 heteroatoms. The fourth-order valence-electron chi connectivity index (χ4n) is 1.72. The predicted octanol–water partition coefficient (Wildman–Crippen LogP) is 0.972. The van der Waals surface area contributed by atoms with Gasteiger partial charge in [-0.25, -0.2) is 13.2 Å². The van der Waals surface area contributed by atoms with E-state index >= 15 is 0 Å². The summed E-state index contributed by atoms with van der Waals surface area (Å²) in [6.07, 6.45) is 0. The van der Waals surface area contributed by atoms with Gasteiger partial charge in [-0.2, -0.15) is 0 Å². The number of benzene rings is 1. The minimum absolute atomic E-state index is 0.0961. The van der Waals surface area contributed by atoms with Crippen LogP contribution in [0.25, 0.3) is 0 Å². The van der Waals surface area contributed by atoms with E-state index in [0.717, 1.165) is 0 Å². The highest BCUT2D eigenvalue weighted by atomic mass is 32.2. The Hall–Kier alpha value is -1.56. The van der Waals surface area contributed by atoms with E-state index in [1.54, 1.807) is 13.0 Å². The zero-order valence-electron chi connectivity index (χ0n) is 8.60. The molecule has 1 heterocycles. The molecule has 0 saturated heterocycles. The topological polar surface area (TPSA) is 83.5 Å². The molecule has 0 aliphatic carbocycles. The van der Waals surface area contributed by atoms with Crippen LogP contribution in [0, 0.1) is 0 Å². The smallest absolute Gasteiger partial charge is 0.337 e. The third-order valence-corrected chi connectivity index (χ3v) is 4.87. The lowest BCUT2D eigenvalue weighted by Gasteiger charge is -2.24. The first-order valence-electron chi connectivity index (χ1n) is 4.78. The summed E-state index contributed by atoms with van der Waals surface area (Å²) in [4.78, 5) is 10.9. The maximum atomic E-state index is 12.0. The Balaban J connectivity index is 2.78. The van der Waals surface area contributed by atoms with Gasteiger partial charge in [-0.3, -0.25) is 0 Å². The van der Waals surface area contributed by atoms with Crippen molar-refractivity contribution in [2.45, 2.75) is 17.1 Å². The standard InChI is InChI=1S/C10H11NO4S/c1-6-5-11-8-4-2-3-7(10(12)13)9(8)16(6,14)15/h2-4,6,11H,5H2,1H3,(H,12,13). The number of aromatic carboxylic acids is 1. The third-order valence-electron chi connectivity index (χ3n) is 2.64. The molecular weight excluding hydrogens is 230 g/mol. The third kappa shape index (κ3) is 1.46. The van der Waals surface area contributed by atoms with Crippen molar-refractivity contribution in [3.05, 3.63) is 23.8 Å². The summed E-state index contributed by atoms with van der Waals surface area (Å²) in [6.45, 7) is 1.86. The van der Waals surface area contributed by atoms with E-state index in [4.69, 9.17) is 5.11 Å². The molecule has 0 amide bonds. The van der Waals surface area contributed by atoms with Crippen molar-refractivity contribution in [3.63, 3.8) is 0 Å². The van der Waals surface area contributed by atoms with E-state index in [2.05, 4.69) is 5.32 Å². The highest BCUT2D eigenvalue weighted by Crippen LogP contribution is 2.32. The Bertz CT molecular complexity index is 550. The fraction of sp³-hybridized carbons (Fsp3) is 0.300. The van der Waals surface area contributed by atoms with Gasteiger partial charge in [0.1, 0.15) is 4.90 Å². The van der Waals surface area contributed by atoms with Crippen molar-refractivity contribution in [3.8, 4) is 0 Å². The molecule has 5 nitrogen and oxygen atoms in total. The minimum atomic E-state index is -3.54. The van der Waals surface area contributed by atoms with Crippen LogP contribution in [0.2, 0.25) is 0 Å². The summed E-state index contributed by atoms with van der Waals surface area (Å²) in [7, 11) is -3.54. The fourth-order valence-corrected chi connectivity index (χ4v) is 3.33. The van der Waals surface area contributed by atoms with E-state index in [-0.39, 0.29) is 10.5 Å². The molecule has 1 aliphatic rings. The number of carboxylic acids is 1. The van der Waals surface area contributed by atoms with Gasteiger partial charge in [0.05, 0.1) is 16.5 Å². The number of hydrogen-bond acceptors (Lipinski definition) is 4. The van der Waals surface area contributed by atoms with Gasteiger partial charge in [0.2, 0.25) is 0 Å². The average molecular weight is 241 g/mol. The highest BCUT2D eigenvalue weighted by Gasteiger charge is 2.34. The Morgan fingerprint density at radius 1 is 1.50 bits per heavy atom. The molecule has 0 spiro atoms. The van der Waals surface area contributed by atoms with Crippen molar-refractivity contribution in [2.75, 3.05) is 11.9 Å². The number of hydrogen-bond donors (Lipinski definition) is 2. The maximum absolute atomic E-state index is 12.0. The first-order chi connectivity index (χ1) is 7.44. The van der Waals surface area contributed by atoms with E-state index in [1.807, 2.05) is 0 Å². The highest BCUT2D eigenvalue weighted by molar-refractivity contribution is 7.92. The number of fused-ring (bicyclic) bond motifs is 1. The normalized spacial score (nSPS) is 21.9. The quantitative estimate of drug-likeness (QED) is 0.765. The van der Waals surface area contributed by atoms with Crippen molar-refractivity contribution >= 4 is 21.5 Å². The van der Waals surface area contributed by atoms with Gasteiger partial charge in [-0.05, 0) is 19.1 Å². The first kappa shape index (κ1) is 10.9. The number of anilines is 1.